The third-order valence-corrected chi connectivity index (χ3v) is 4.08. The maximum atomic E-state index is 5.43. The summed E-state index contributed by atoms with van der Waals surface area (Å²) in [6.45, 7) is 6.73. The van der Waals surface area contributed by atoms with Gasteiger partial charge >= 0.3 is 0 Å². The van der Waals surface area contributed by atoms with Crippen molar-refractivity contribution in [2.45, 2.75) is 0 Å². The molecule has 2 saturated heterocycles. The molecule has 2 fully saturated rings. The monoisotopic (exact) mass is 319 g/mol. The molecule has 124 valence electrons. The number of morpholine rings is 2. The fourth-order valence-electron chi connectivity index (χ4n) is 2.77. The number of nitrogens with zero attached hydrogens (tertiary/aromatic N) is 6. The normalized spacial score (nSPS) is 21.7. The Bertz CT molecular complexity index is 534. The third-order valence-electron chi connectivity index (χ3n) is 4.08. The lowest BCUT2D eigenvalue weighted by atomic mass is 10.4. The molecule has 0 radical (unpaired) electrons. The van der Waals surface area contributed by atoms with E-state index in [1.54, 1.807) is 0 Å². The summed E-state index contributed by atoms with van der Waals surface area (Å²) >= 11 is 0. The molecular weight excluding hydrogens is 298 g/mol. The molecule has 0 aliphatic carbocycles. The van der Waals surface area contributed by atoms with Gasteiger partial charge < -0.3 is 24.6 Å². The van der Waals surface area contributed by atoms with Crippen molar-refractivity contribution >= 4 is 17.8 Å². The number of rotatable bonds is 3. The third kappa shape index (κ3) is 3.15. The number of aromatic nitrogens is 3. The van der Waals surface area contributed by atoms with E-state index in [9.17, 15) is 0 Å². The van der Waals surface area contributed by atoms with Crippen molar-refractivity contribution in [1.82, 2.24) is 20.3 Å². The second-order valence-electron chi connectivity index (χ2n) is 5.58. The summed E-state index contributed by atoms with van der Waals surface area (Å²) < 4.78 is 10.9. The van der Waals surface area contributed by atoms with E-state index in [0.29, 0.717) is 39.0 Å². The minimum Gasteiger partial charge on any atom is -0.378 e. The highest BCUT2D eigenvalue weighted by molar-refractivity contribution is 5.48. The Balaban J connectivity index is 1.66. The summed E-state index contributed by atoms with van der Waals surface area (Å²) in [5.41, 5.74) is 0. The average molecular weight is 319 g/mol. The highest BCUT2D eigenvalue weighted by Gasteiger charge is 2.22. The predicted octanol–water partition coefficient (Wildman–Crippen LogP) is -0.617. The van der Waals surface area contributed by atoms with Gasteiger partial charge in [0.25, 0.3) is 0 Å². The number of ether oxygens (including phenoxy) is 2. The molecule has 23 heavy (non-hydrogen) atoms. The smallest absolute Gasteiger partial charge is 0.237 e. The SMILES string of the molecule is C1=CN(c2nc(N3CCOCC3)nc(N3CCOCC3)n2)CN1. The summed E-state index contributed by atoms with van der Waals surface area (Å²) in [6.07, 6.45) is 3.84. The second-order valence-corrected chi connectivity index (χ2v) is 5.58. The molecule has 0 aromatic carbocycles. The van der Waals surface area contributed by atoms with Crippen molar-refractivity contribution in [2.75, 3.05) is 74.0 Å². The Morgan fingerprint density at radius 2 is 1.30 bits per heavy atom. The quantitative estimate of drug-likeness (QED) is 0.784. The van der Waals surface area contributed by atoms with Crippen molar-refractivity contribution in [1.29, 1.82) is 0 Å². The largest absolute Gasteiger partial charge is 0.378 e. The molecule has 1 aromatic heterocycles. The maximum Gasteiger partial charge on any atom is 0.237 e. The van der Waals surface area contributed by atoms with E-state index < -0.39 is 0 Å². The minimum absolute atomic E-state index is 0.671. The molecule has 0 saturated carbocycles. The van der Waals surface area contributed by atoms with Gasteiger partial charge in [0.2, 0.25) is 17.8 Å². The molecule has 0 amide bonds. The van der Waals surface area contributed by atoms with E-state index in [1.807, 2.05) is 17.3 Å². The van der Waals surface area contributed by atoms with Crippen LogP contribution in [-0.2, 0) is 9.47 Å². The van der Waals surface area contributed by atoms with E-state index in [0.717, 1.165) is 38.1 Å². The molecule has 3 aliphatic heterocycles. The van der Waals surface area contributed by atoms with Crippen LogP contribution in [0.4, 0.5) is 17.8 Å². The van der Waals surface area contributed by atoms with Crippen LogP contribution in [0.25, 0.3) is 0 Å². The Kier molecular flexibility index (Phi) is 4.12. The molecule has 4 rings (SSSR count). The molecule has 9 heteroatoms. The summed E-state index contributed by atoms with van der Waals surface area (Å²) in [5, 5.41) is 3.15. The fourth-order valence-corrected chi connectivity index (χ4v) is 2.77. The van der Waals surface area contributed by atoms with Gasteiger partial charge in [0.1, 0.15) is 0 Å². The van der Waals surface area contributed by atoms with Gasteiger partial charge in [-0.2, -0.15) is 15.0 Å². The second kappa shape index (κ2) is 6.55. The molecule has 4 heterocycles. The topological polar surface area (TPSA) is 78.9 Å². The van der Waals surface area contributed by atoms with Gasteiger partial charge in [0, 0.05) is 38.6 Å². The highest BCUT2D eigenvalue weighted by atomic mass is 16.5. The zero-order valence-electron chi connectivity index (χ0n) is 13.0. The summed E-state index contributed by atoms with van der Waals surface area (Å²) in [7, 11) is 0. The predicted molar refractivity (Wildman–Crippen MR) is 85.5 cm³/mol. The minimum atomic E-state index is 0.671. The zero-order valence-corrected chi connectivity index (χ0v) is 13.0. The van der Waals surface area contributed by atoms with Gasteiger partial charge in [-0.05, 0) is 0 Å². The lowest BCUT2D eigenvalue weighted by molar-refractivity contribution is 0.121. The first-order valence-corrected chi connectivity index (χ1v) is 7.98. The molecule has 0 bridgehead atoms. The van der Waals surface area contributed by atoms with Crippen molar-refractivity contribution < 1.29 is 9.47 Å². The van der Waals surface area contributed by atoms with Crippen molar-refractivity contribution in [2.24, 2.45) is 0 Å². The lowest BCUT2D eigenvalue weighted by Gasteiger charge is -2.30. The number of nitrogens with one attached hydrogen (secondary N) is 1. The van der Waals surface area contributed by atoms with Crippen LogP contribution in [0.1, 0.15) is 0 Å². The van der Waals surface area contributed by atoms with Crippen molar-refractivity contribution in [3.05, 3.63) is 12.4 Å². The molecule has 0 atom stereocenters. The Hall–Kier alpha value is -2.13. The van der Waals surface area contributed by atoms with Gasteiger partial charge in [-0.15, -0.1) is 0 Å². The van der Waals surface area contributed by atoms with Gasteiger partial charge in [-0.3, -0.25) is 4.90 Å². The standard InChI is InChI=1S/C14H21N7O2/c1-2-21(11-15-1)14-17-12(19-3-7-22-8-4-19)16-13(18-14)20-5-9-23-10-6-20/h1-2,15H,3-11H2. The van der Waals surface area contributed by atoms with Crippen molar-refractivity contribution in [3.8, 4) is 0 Å². The molecule has 1 N–H and O–H groups in total. The molecule has 3 aliphatic rings. The van der Waals surface area contributed by atoms with Crippen LogP contribution in [0.3, 0.4) is 0 Å². The Morgan fingerprint density at radius 1 is 0.783 bits per heavy atom. The first kappa shape index (κ1) is 14.5. The number of hydrogen-bond acceptors (Lipinski definition) is 9. The van der Waals surface area contributed by atoms with Crippen LogP contribution in [0.2, 0.25) is 0 Å². The van der Waals surface area contributed by atoms with E-state index in [2.05, 4.69) is 25.1 Å². The van der Waals surface area contributed by atoms with Gasteiger partial charge in [0.15, 0.2) is 0 Å². The first-order chi connectivity index (χ1) is 11.4. The van der Waals surface area contributed by atoms with Crippen LogP contribution in [0, 0.1) is 0 Å². The summed E-state index contributed by atoms with van der Waals surface area (Å²) in [5.74, 6) is 2.12. The van der Waals surface area contributed by atoms with Crippen LogP contribution in [0.15, 0.2) is 12.4 Å². The molecule has 0 unspecified atom stereocenters. The molecule has 1 aromatic rings. The van der Waals surface area contributed by atoms with E-state index in [4.69, 9.17) is 14.5 Å². The highest BCUT2D eigenvalue weighted by Crippen LogP contribution is 2.21. The van der Waals surface area contributed by atoms with E-state index in [-0.39, 0.29) is 0 Å². The van der Waals surface area contributed by atoms with Crippen LogP contribution >= 0.6 is 0 Å². The van der Waals surface area contributed by atoms with Gasteiger partial charge in [0.05, 0.1) is 33.1 Å². The van der Waals surface area contributed by atoms with Gasteiger partial charge in [-0.25, -0.2) is 0 Å². The maximum absolute atomic E-state index is 5.43. The number of hydrogen-bond donors (Lipinski definition) is 1. The molecule has 0 spiro atoms. The van der Waals surface area contributed by atoms with Gasteiger partial charge in [-0.1, -0.05) is 0 Å². The molecular formula is C14H21N7O2. The Labute approximate surface area is 134 Å². The first-order valence-electron chi connectivity index (χ1n) is 7.98. The van der Waals surface area contributed by atoms with Crippen LogP contribution < -0.4 is 20.0 Å². The van der Waals surface area contributed by atoms with Crippen LogP contribution in [0.5, 0.6) is 0 Å². The summed E-state index contributed by atoms with van der Waals surface area (Å²) in [4.78, 5) is 20.3. The van der Waals surface area contributed by atoms with Crippen molar-refractivity contribution in [3.63, 3.8) is 0 Å². The zero-order chi connectivity index (χ0) is 15.5. The number of anilines is 3. The summed E-state index contributed by atoms with van der Waals surface area (Å²) in [6, 6.07) is 0. The Morgan fingerprint density at radius 3 is 1.78 bits per heavy atom. The fraction of sp³-hybridized carbons (Fsp3) is 0.643. The average Bonchev–Trinajstić information content (AvgIpc) is 3.18. The van der Waals surface area contributed by atoms with Crippen LogP contribution in [-0.4, -0.2) is 74.2 Å². The lowest BCUT2D eigenvalue weighted by Crippen LogP contribution is -2.40. The van der Waals surface area contributed by atoms with E-state index >= 15 is 0 Å². The van der Waals surface area contributed by atoms with E-state index in [1.165, 1.54) is 0 Å². The molecule has 9 nitrogen and oxygen atoms in total.